The van der Waals surface area contributed by atoms with E-state index >= 15 is 0 Å². The second kappa shape index (κ2) is 6.07. The number of halogens is 2. The normalized spacial score (nSPS) is 12.2. The highest BCUT2D eigenvalue weighted by molar-refractivity contribution is 8.13. The number of nitrogens with one attached hydrogen (secondary N) is 1. The second-order valence-electron chi connectivity index (χ2n) is 4.73. The van der Waals surface area contributed by atoms with Gasteiger partial charge in [-0.25, -0.2) is 12.8 Å². The Morgan fingerprint density at radius 1 is 1.45 bits per heavy atom. The van der Waals surface area contributed by atoms with Gasteiger partial charge in [0.1, 0.15) is 5.82 Å². The van der Waals surface area contributed by atoms with E-state index in [0.717, 1.165) is 12.1 Å². The highest BCUT2D eigenvalue weighted by Gasteiger charge is 2.20. The summed E-state index contributed by atoms with van der Waals surface area (Å²) in [5.74, 6) is -1.62. The van der Waals surface area contributed by atoms with E-state index in [1.807, 2.05) is 0 Å². The summed E-state index contributed by atoms with van der Waals surface area (Å²) in [4.78, 5) is 11.4. The molecule has 0 aliphatic heterocycles. The maximum absolute atomic E-state index is 13.7. The van der Waals surface area contributed by atoms with E-state index in [9.17, 15) is 17.6 Å². The molecule has 112 valence electrons. The molecule has 1 aromatic carbocycles. The number of benzene rings is 1. The van der Waals surface area contributed by atoms with Gasteiger partial charge >= 0.3 is 0 Å². The van der Waals surface area contributed by atoms with Crippen molar-refractivity contribution >= 4 is 25.6 Å². The fourth-order valence-corrected chi connectivity index (χ4v) is 2.05. The zero-order chi connectivity index (χ0) is 15.6. The topological polar surface area (TPSA) is 72.5 Å². The van der Waals surface area contributed by atoms with E-state index in [2.05, 4.69) is 5.32 Å². The summed E-state index contributed by atoms with van der Waals surface area (Å²) < 4.78 is 40.9. The second-order valence-corrected chi connectivity index (χ2v) is 7.29. The Labute approximate surface area is 121 Å². The van der Waals surface area contributed by atoms with Gasteiger partial charge in [-0.1, -0.05) is 0 Å². The Balaban J connectivity index is 2.91. The first-order valence-corrected chi connectivity index (χ1v) is 7.95. The lowest BCUT2D eigenvalue weighted by atomic mass is 10.1. The van der Waals surface area contributed by atoms with Crippen molar-refractivity contribution in [1.29, 1.82) is 0 Å². The number of hydrogen-bond acceptors (Lipinski definition) is 4. The molecule has 1 aromatic rings. The Bertz CT molecular complexity index is 616. The van der Waals surface area contributed by atoms with Crippen LogP contribution in [0.1, 0.15) is 24.2 Å². The van der Waals surface area contributed by atoms with Crippen LogP contribution in [0, 0.1) is 5.82 Å². The Kier molecular flexibility index (Phi) is 5.12. The minimum atomic E-state index is -4.03. The molecular weight excluding hydrogens is 309 g/mol. The van der Waals surface area contributed by atoms with Crippen LogP contribution in [-0.4, -0.2) is 33.6 Å². The van der Waals surface area contributed by atoms with Gasteiger partial charge in [0.25, 0.3) is 15.0 Å². The number of rotatable bonds is 5. The third-order valence-corrected chi connectivity index (χ3v) is 4.05. The zero-order valence-corrected chi connectivity index (χ0v) is 12.8. The molecule has 0 atom stereocenters. The van der Waals surface area contributed by atoms with Crippen LogP contribution in [0.2, 0.25) is 0 Å². The summed E-state index contributed by atoms with van der Waals surface area (Å²) in [5.41, 5.74) is -0.855. The molecule has 1 rings (SSSR count). The monoisotopic (exact) mass is 323 g/mol. The highest BCUT2D eigenvalue weighted by atomic mass is 35.7. The van der Waals surface area contributed by atoms with Crippen LogP contribution in [-0.2, 0) is 13.8 Å². The molecule has 1 amide bonds. The SMILES string of the molecule is COC(C)(C)CNC(=O)c1ccc(S(=O)(=O)Cl)cc1F. The van der Waals surface area contributed by atoms with Crippen molar-refractivity contribution < 1.29 is 22.3 Å². The van der Waals surface area contributed by atoms with E-state index in [-0.39, 0.29) is 12.1 Å². The van der Waals surface area contributed by atoms with Crippen LogP contribution in [0.15, 0.2) is 23.1 Å². The predicted octanol–water partition coefficient (Wildman–Crippen LogP) is 1.91. The van der Waals surface area contributed by atoms with E-state index in [0.29, 0.717) is 6.07 Å². The molecule has 0 aliphatic rings. The Morgan fingerprint density at radius 3 is 2.50 bits per heavy atom. The molecule has 0 saturated heterocycles. The van der Waals surface area contributed by atoms with Gasteiger partial charge < -0.3 is 10.1 Å². The summed E-state index contributed by atoms with van der Waals surface area (Å²) in [7, 11) is 2.56. The first-order valence-electron chi connectivity index (χ1n) is 5.64. The lowest BCUT2D eigenvalue weighted by molar-refractivity contribution is 0.0228. The number of carbonyl (C=O) groups is 1. The average molecular weight is 324 g/mol. The highest BCUT2D eigenvalue weighted by Crippen LogP contribution is 2.18. The third kappa shape index (κ3) is 4.43. The number of carbonyl (C=O) groups excluding carboxylic acids is 1. The molecular formula is C12H15ClFNO4S. The maximum Gasteiger partial charge on any atom is 0.261 e. The van der Waals surface area contributed by atoms with Gasteiger partial charge in [0, 0.05) is 24.3 Å². The summed E-state index contributed by atoms with van der Waals surface area (Å²) >= 11 is 0. The lowest BCUT2D eigenvalue weighted by Crippen LogP contribution is -2.40. The van der Waals surface area contributed by atoms with Crippen LogP contribution in [0.5, 0.6) is 0 Å². The van der Waals surface area contributed by atoms with Crippen molar-refractivity contribution in [1.82, 2.24) is 5.32 Å². The van der Waals surface area contributed by atoms with Crippen LogP contribution in [0.3, 0.4) is 0 Å². The molecule has 0 unspecified atom stereocenters. The lowest BCUT2D eigenvalue weighted by Gasteiger charge is -2.23. The summed E-state index contributed by atoms with van der Waals surface area (Å²) in [6.07, 6.45) is 0. The van der Waals surface area contributed by atoms with Gasteiger partial charge in [-0.3, -0.25) is 4.79 Å². The molecule has 5 nitrogen and oxygen atoms in total. The van der Waals surface area contributed by atoms with E-state index in [1.165, 1.54) is 7.11 Å². The molecule has 0 fully saturated rings. The summed E-state index contributed by atoms with van der Waals surface area (Å²) in [6.45, 7) is 3.69. The number of amides is 1. The Morgan fingerprint density at radius 2 is 2.05 bits per heavy atom. The van der Waals surface area contributed by atoms with Crippen molar-refractivity contribution in [3.63, 3.8) is 0 Å². The minimum absolute atomic E-state index is 0.178. The quantitative estimate of drug-likeness (QED) is 0.840. The molecule has 0 radical (unpaired) electrons. The maximum atomic E-state index is 13.7. The summed E-state index contributed by atoms with van der Waals surface area (Å²) in [6, 6.07) is 2.85. The Hall–Kier alpha value is -1.18. The fourth-order valence-electron chi connectivity index (χ4n) is 1.29. The molecule has 0 aromatic heterocycles. The van der Waals surface area contributed by atoms with Crippen LogP contribution >= 0.6 is 10.7 Å². The van der Waals surface area contributed by atoms with Gasteiger partial charge in [-0.2, -0.15) is 0 Å². The fraction of sp³-hybridized carbons (Fsp3) is 0.417. The summed E-state index contributed by atoms with van der Waals surface area (Å²) in [5, 5.41) is 2.50. The van der Waals surface area contributed by atoms with Crippen LogP contribution in [0.25, 0.3) is 0 Å². The molecule has 0 bridgehead atoms. The molecule has 20 heavy (non-hydrogen) atoms. The van der Waals surface area contributed by atoms with Gasteiger partial charge in [-0.05, 0) is 32.0 Å². The van der Waals surface area contributed by atoms with Gasteiger partial charge in [0.2, 0.25) is 0 Å². The van der Waals surface area contributed by atoms with Crippen molar-refractivity contribution in [2.24, 2.45) is 0 Å². The molecule has 0 heterocycles. The standard InChI is InChI=1S/C12H15ClFNO4S/c1-12(2,19-3)7-15-11(16)9-5-4-8(6-10(9)14)20(13,17)18/h4-6H,7H2,1-3H3,(H,15,16). The van der Waals surface area contributed by atoms with Crippen LogP contribution in [0.4, 0.5) is 4.39 Å². The van der Waals surface area contributed by atoms with Gasteiger partial charge in [-0.15, -0.1) is 0 Å². The van der Waals surface area contributed by atoms with Crippen LogP contribution < -0.4 is 5.32 Å². The average Bonchev–Trinajstić information content (AvgIpc) is 2.35. The molecule has 0 aliphatic carbocycles. The van der Waals surface area contributed by atoms with Gasteiger partial charge in [0.05, 0.1) is 16.1 Å². The predicted molar refractivity (Wildman–Crippen MR) is 72.9 cm³/mol. The van der Waals surface area contributed by atoms with E-state index in [4.69, 9.17) is 15.4 Å². The van der Waals surface area contributed by atoms with Crippen molar-refractivity contribution in [3.8, 4) is 0 Å². The van der Waals surface area contributed by atoms with Crippen molar-refractivity contribution in [2.75, 3.05) is 13.7 Å². The smallest absolute Gasteiger partial charge is 0.261 e. The minimum Gasteiger partial charge on any atom is -0.377 e. The first kappa shape index (κ1) is 16.9. The first-order chi connectivity index (χ1) is 9.07. The number of hydrogen-bond donors (Lipinski definition) is 1. The number of methoxy groups -OCH3 is 1. The molecule has 0 spiro atoms. The van der Waals surface area contributed by atoms with E-state index in [1.54, 1.807) is 13.8 Å². The van der Waals surface area contributed by atoms with Crippen molar-refractivity contribution in [2.45, 2.75) is 24.3 Å². The van der Waals surface area contributed by atoms with Crippen molar-refractivity contribution in [3.05, 3.63) is 29.6 Å². The largest absolute Gasteiger partial charge is 0.377 e. The molecule has 0 saturated carbocycles. The molecule has 1 N–H and O–H groups in total. The number of ether oxygens (including phenoxy) is 1. The zero-order valence-electron chi connectivity index (χ0n) is 11.2. The third-order valence-electron chi connectivity index (χ3n) is 2.69. The van der Waals surface area contributed by atoms with Gasteiger partial charge in [0.15, 0.2) is 0 Å². The van der Waals surface area contributed by atoms with E-state index < -0.39 is 31.3 Å². The molecule has 8 heteroatoms.